The van der Waals surface area contributed by atoms with Gasteiger partial charge in [0.1, 0.15) is 8.52 Å². The maximum absolute atomic E-state index is 6.52. The minimum absolute atomic E-state index is 0.323. The zero-order valence-electron chi connectivity index (χ0n) is 3.50. The molecule has 0 unspecified atom stereocenters. The van der Waals surface area contributed by atoms with E-state index in [1.54, 1.807) is 0 Å². The maximum Gasteiger partial charge on any atom is 0.151 e. The fourth-order valence-electron chi connectivity index (χ4n) is 0.0740. The highest BCUT2D eigenvalue weighted by molar-refractivity contribution is 7.49. The molecule has 0 saturated carbocycles. The maximum atomic E-state index is 6.52. The van der Waals surface area contributed by atoms with Crippen molar-refractivity contribution in [1.82, 2.24) is 4.86 Å². The van der Waals surface area contributed by atoms with Gasteiger partial charge in [0.2, 0.25) is 0 Å². The van der Waals surface area contributed by atoms with E-state index in [0.717, 1.165) is 16.9 Å². The van der Waals surface area contributed by atoms with Gasteiger partial charge in [-0.3, -0.25) is 5.16 Å². The summed E-state index contributed by atoms with van der Waals surface area (Å²) in [5.74, 6) is 0. The molecule has 3 nitrogen and oxygen atoms in total. The lowest BCUT2D eigenvalue weighted by atomic mass is 12.0. The van der Waals surface area contributed by atoms with Crippen LogP contribution >= 0.6 is 25.4 Å². The molecule has 0 heterocycles. The summed E-state index contributed by atoms with van der Waals surface area (Å²) in [5, 5.41) is 6.52. The molecule has 0 aliphatic carbocycles. The van der Waals surface area contributed by atoms with Crippen LogP contribution in [-0.4, -0.2) is 6.30 Å². The summed E-state index contributed by atoms with van der Waals surface area (Å²) in [6, 6.07) is 0. The molecule has 0 bridgehead atoms. The van der Waals surface area contributed by atoms with Gasteiger partial charge in [-0.2, -0.15) is 4.52 Å². The Hall–Kier alpha value is 0.330. The van der Waals surface area contributed by atoms with Crippen LogP contribution in [0.25, 0.3) is 0 Å². The summed E-state index contributed by atoms with van der Waals surface area (Å²) >= 11 is 0. The normalized spacial score (nSPS) is 11.4. The fraction of sp³-hybridized carbons (Fsp3) is 0. The molecule has 7 heavy (non-hydrogen) atoms. The van der Waals surface area contributed by atoms with Crippen molar-refractivity contribution in [3.63, 3.8) is 0 Å². The molecule has 0 aliphatic rings. The average Bonchev–Trinajstić information content (AvgIpc) is 1.69. The van der Waals surface area contributed by atoms with E-state index >= 15 is 0 Å². The smallest absolute Gasteiger partial charge is 0.151 e. The first-order chi connectivity index (χ1) is 3.41. The SMILES string of the molecule is C=PNP=NP=N. The van der Waals surface area contributed by atoms with E-state index in [1.807, 2.05) is 0 Å². The molecule has 0 aromatic rings. The van der Waals surface area contributed by atoms with Gasteiger partial charge in [-0.25, -0.2) is 4.86 Å². The third-order valence-electron chi connectivity index (χ3n) is 0.205. The van der Waals surface area contributed by atoms with Gasteiger partial charge in [0, 0.05) is 0 Å². The molecular formula is CH4N3P3. The Morgan fingerprint density at radius 3 is 2.86 bits per heavy atom. The largest absolute Gasteiger partial charge is 0.262 e. The summed E-state index contributed by atoms with van der Waals surface area (Å²) in [4.78, 5) is 2.79. The first kappa shape index (κ1) is 7.33. The second-order valence-corrected chi connectivity index (χ2v) is 2.78. The Bertz CT molecular complexity index is 88.2. The minimum Gasteiger partial charge on any atom is -0.262 e. The fourth-order valence-corrected chi connectivity index (χ4v) is 1.03. The summed E-state index contributed by atoms with van der Waals surface area (Å²) in [6.07, 6.45) is 3.49. The predicted molar refractivity (Wildman–Crippen MR) is 36.2 cm³/mol. The molecule has 0 aromatic heterocycles. The van der Waals surface area contributed by atoms with Crippen LogP contribution in [0.15, 0.2) is 4.52 Å². The van der Waals surface area contributed by atoms with Crippen LogP contribution < -0.4 is 4.86 Å². The van der Waals surface area contributed by atoms with E-state index in [0.29, 0.717) is 8.52 Å². The highest BCUT2D eigenvalue weighted by atomic mass is 31.1. The lowest BCUT2D eigenvalue weighted by Crippen LogP contribution is -1.64. The third kappa shape index (κ3) is 6.33. The van der Waals surface area contributed by atoms with E-state index in [-0.39, 0.29) is 0 Å². The lowest BCUT2D eigenvalue weighted by Gasteiger charge is -1.72. The first-order valence-corrected chi connectivity index (χ1v) is 4.16. The molecular weight excluding hydrogens is 147 g/mol. The van der Waals surface area contributed by atoms with Crippen LogP contribution in [0.3, 0.4) is 0 Å². The van der Waals surface area contributed by atoms with Gasteiger partial charge in [0.05, 0.1) is 0 Å². The molecule has 0 saturated heterocycles. The second-order valence-electron chi connectivity index (χ2n) is 0.548. The Morgan fingerprint density at radius 1 is 1.71 bits per heavy atom. The standard InChI is InChI=1S/CH4N3P3/c1-5-3-7-4-6-2/h1H2,(H2,2,3,4). The number of hydrogen-bond donors (Lipinski definition) is 2. The number of rotatable bonds is 3. The van der Waals surface area contributed by atoms with E-state index in [2.05, 4.69) is 15.7 Å². The van der Waals surface area contributed by atoms with Crippen LogP contribution in [0.2, 0.25) is 0 Å². The Balaban J connectivity index is 3.08. The van der Waals surface area contributed by atoms with Gasteiger partial charge in [-0.15, -0.1) is 0 Å². The zero-order valence-corrected chi connectivity index (χ0v) is 6.18. The Kier molecular flexibility index (Phi) is 6.63. The minimum atomic E-state index is 0.323. The predicted octanol–water partition coefficient (Wildman–Crippen LogP) is 2.54. The highest BCUT2D eigenvalue weighted by Crippen LogP contribution is 2.06. The van der Waals surface area contributed by atoms with Crippen molar-refractivity contribution < 1.29 is 0 Å². The van der Waals surface area contributed by atoms with Gasteiger partial charge in [0.15, 0.2) is 8.52 Å². The van der Waals surface area contributed by atoms with Gasteiger partial charge in [0.25, 0.3) is 0 Å². The monoisotopic (exact) mass is 151 g/mol. The summed E-state index contributed by atoms with van der Waals surface area (Å²) in [7, 11) is 1.93. The number of nitrogens with one attached hydrogen (secondary N) is 2. The molecule has 0 rings (SSSR count). The van der Waals surface area contributed by atoms with Crippen molar-refractivity contribution in [2.24, 2.45) is 4.52 Å². The second kappa shape index (κ2) is 6.33. The first-order valence-electron chi connectivity index (χ1n) is 1.39. The Labute approximate surface area is 47.1 Å². The van der Waals surface area contributed by atoms with Crippen molar-refractivity contribution in [2.75, 3.05) is 0 Å². The molecule has 2 N–H and O–H groups in total. The van der Waals surface area contributed by atoms with Crippen LogP contribution in [-0.2, 0) is 0 Å². The van der Waals surface area contributed by atoms with Crippen LogP contribution in [0, 0.1) is 5.16 Å². The van der Waals surface area contributed by atoms with E-state index in [9.17, 15) is 0 Å². The van der Waals surface area contributed by atoms with Crippen molar-refractivity contribution in [1.29, 1.82) is 5.16 Å². The van der Waals surface area contributed by atoms with Crippen molar-refractivity contribution in [3.05, 3.63) is 0 Å². The molecule has 0 spiro atoms. The van der Waals surface area contributed by atoms with Crippen LogP contribution in [0.1, 0.15) is 0 Å². The number of nitrogens with zero attached hydrogens (tertiary/aromatic N) is 1. The molecule has 38 valence electrons. The van der Waals surface area contributed by atoms with Crippen molar-refractivity contribution >= 4 is 31.7 Å². The molecule has 0 fully saturated rings. The van der Waals surface area contributed by atoms with E-state index < -0.39 is 0 Å². The molecule has 0 aromatic carbocycles. The van der Waals surface area contributed by atoms with E-state index in [4.69, 9.17) is 5.16 Å². The van der Waals surface area contributed by atoms with Gasteiger partial charge in [-0.05, 0) is 8.35 Å². The molecule has 0 amide bonds. The van der Waals surface area contributed by atoms with Crippen LogP contribution in [0.4, 0.5) is 0 Å². The lowest BCUT2D eigenvalue weighted by molar-refractivity contribution is 1.62. The Morgan fingerprint density at radius 2 is 2.43 bits per heavy atom. The molecule has 0 atom stereocenters. The van der Waals surface area contributed by atoms with E-state index in [1.165, 1.54) is 0 Å². The summed E-state index contributed by atoms with van der Waals surface area (Å²) < 4.78 is 3.61. The topological polar surface area (TPSA) is 48.2 Å². The summed E-state index contributed by atoms with van der Waals surface area (Å²) in [5.41, 5.74) is 0. The van der Waals surface area contributed by atoms with Gasteiger partial charge >= 0.3 is 0 Å². The van der Waals surface area contributed by atoms with Crippen molar-refractivity contribution in [3.8, 4) is 0 Å². The molecule has 0 radical (unpaired) electrons. The quantitative estimate of drug-likeness (QED) is 0.598. The summed E-state index contributed by atoms with van der Waals surface area (Å²) in [6.45, 7) is 0. The zero-order chi connectivity index (χ0) is 5.54. The van der Waals surface area contributed by atoms with Gasteiger partial charge in [-0.1, -0.05) is 6.30 Å². The molecule has 0 aliphatic heterocycles. The van der Waals surface area contributed by atoms with Gasteiger partial charge < -0.3 is 0 Å². The third-order valence-corrected chi connectivity index (χ3v) is 1.84. The van der Waals surface area contributed by atoms with Crippen molar-refractivity contribution in [2.45, 2.75) is 0 Å². The average molecular weight is 151 g/mol. The van der Waals surface area contributed by atoms with Crippen LogP contribution in [0.5, 0.6) is 0 Å². The highest BCUT2D eigenvalue weighted by Gasteiger charge is 1.60. The molecule has 6 heteroatoms. The number of hydrogen-bond acceptors (Lipinski definition) is 1.